The molecule has 0 fully saturated rings. The number of halogens is 1. The van der Waals surface area contributed by atoms with Crippen LogP contribution in [0.2, 0.25) is 0 Å². The van der Waals surface area contributed by atoms with E-state index in [2.05, 4.69) is 21.1 Å². The van der Waals surface area contributed by atoms with Gasteiger partial charge in [0.25, 0.3) is 0 Å². The van der Waals surface area contributed by atoms with Gasteiger partial charge in [0.15, 0.2) is 11.5 Å². The van der Waals surface area contributed by atoms with E-state index in [0.717, 1.165) is 45.3 Å². The molecular weight excluding hydrogens is 426 g/mol. The summed E-state index contributed by atoms with van der Waals surface area (Å²) in [6.07, 6.45) is 3.51. The second kappa shape index (κ2) is 8.56. The van der Waals surface area contributed by atoms with Crippen molar-refractivity contribution in [3.05, 3.63) is 51.0 Å². The molecule has 0 heterocycles. The van der Waals surface area contributed by atoms with Crippen LogP contribution in [0.4, 0.5) is 0 Å². The van der Waals surface area contributed by atoms with Crippen molar-refractivity contribution in [1.29, 1.82) is 0 Å². The maximum absolute atomic E-state index is 9.70. The number of nitrogens with zero attached hydrogens (tertiary/aromatic N) is 1. The van der Waals surface area contributed by atoms with E-state index < -0.39 is 0 Å². The van der Waals surface area contributed by atoms with Gasteiger partial charge in [-0.3, -0.25) is 0 Å². The van der Waals surface area contributed by atoms with Crippen molar-refractivity contribution in [2.24, 2.45) is 5.16 Å². The molecule has 0 atom stereocenters. The highest BCUT2D eigenvalue weighted by atomic mass is 79.9. The molecule has 0 bridgehead atoms. The first-order valence-electron chi connectivity index (χ1n) is 8.66. The van der Waals surface area contributed by atoms with Crippen molar-refractivity contribution in [3.63, 3.8) is 0 Å². The van der Waals surface area contributed by atoms with Gasteiger partial charge in [0.1, 0.15) is 11.5 Å². The van der Waals surface area contributed by atoms with Crippen LogP contribution in [0.25, 0.3) is 6.08 Å². The van der Waals surface area contributed by atoms with E-state index >= 15 is 0 Å². The van der Waals surface area contributed by atoms with Crippen LogP contribution >= 0.6 is 15.9 Å². The van der Waals surface area contributed by atoms with Crippen molar-refractivity contribution in [1.82, 2.24) is 0 Å². The van der Waals surface area contributed by atoms with Crippen LogP contribution in [0.3, 0.4) is 0 Å². The number of aryl methyl sites for hydroxylation is 1. The van der Waals surface area contributed by atoms with Gasteiger partial charge in [0.2, 0.25) is 5.75 Å². The highest BCUT2D eigenvalue weighted by Crippen LogP contribution is 2.45. The molecule has 0 aromatic heterocycles. The van der Waals surface area contributed by atoms with Gasteiger partial charge in [-0.2, -0.15) is 0 Å². The molecule has 1 aliphatic carbocycles. The summed E-state index contributed by atoms with van der Waals surface area (Å²) < 4.78 is 22.4. The Morgan fingerprint density at radius 1 is 0.964 bits per heavy atom. The zero-order chi connectivity index (χ0) is 20.3. The van der Waals surface area contributed by atoms with E-state index in [9.17, 15) is 5.21 Å². The molecule has 1 aliphatic rings. The van der Waals surface area contributed by atoms with Crippen LogP contribution in [-0.2, 0) is 6.42 Å². The summed E-state index contributed by atoms with van der Waals surface area (Å²) in [7, 11) is 6.35. The third-order valence-electron chi connectivity index (χ3n) is 4.76. The normalized spacial score (nSPS) is 16.0. The molecule has 3 rings (SSSR count). The van der Waals surface area contributed by atoms with E-state index in [1.807, 2.05) is 30.3 Å². The summed E-state index contributed by atoms with van der Waals surface area (Å²) >= 11 is 3.59. The monoisotopic (exact) mass is 447 g/mol. The minimum absolute atomic E-state index is 0.510. The molecule has 0 saturated carbocycles. The van der Waals surface area contributed by atoms with Crippen molar-refractivity contribution < 1.29 is 24.2 Å². The van der Waals surface area contributed by atoms with Gasteiger partial charge in [-0.15, -0.1) is 0 Å². The second-order valence-electron chi connectivity index (χ2n) is 6.19. The molecule has 1 N–H and O–H groups in total. The Hall–Kier alpha value is -2.67. The largest absolute Gasteiger partial charge is 0.497 e. The lowest BCUT2D eigenvalue weighted by atomic mass is 9.85. The third-order valence-corrected chi connectivity index (χ3v) is 5.58. The lowest BCUT2D eigenvalue weighted by molar-refractivity contribution is 0.319. The van der Waals surface area contributed by atoms with Crippen molar-refractivity contribution in [3.8, 4) is 23.0 Å². The van der Waals surface area contributed by atoms with Crippen LogP contribution in [0.1, 0.15) is 23.1 Å². The van der Waals surface area contributed by atoms with Crippen LogP contribution < -0.4 is 18.9 Å². The number of allylic oxidation sites excluding steroid dienone is 1. The zero-order valence-electron chi connectivity index (χ0n) is 16.2. The predicted octanol–water partition coefficient (Wildman–Crippen LogP) is 4.69. The van der Waals surface area contributed by atoms with Gasteiger partial charge in [-0.25, -0.2) is 0 Å². The minimum atomic E-state index is 0.510. The number of oxime groups is 1. The first-order valence-corrected chi connectivity index (χ1v) is 9.45. The summed E-state index contributed by atoms with van der Waals surface area (Å²) in [6, 6.07) is 7.62. The maximum atomic E-state index is 9.70. The van der Waals surface area contributed by atoms with E-state index in [4.69, 9.17) is 18.9 Å². The Kier molecular flexibility index (Phi) is 6.14. The Morgan fingerprint density at radius 2 is 1.71 bits per heavy atom. The average molecular weight is 448 g/mol. The maximum Gasteiger partial charge on any atom is 0.204 e. The third kappa shape index (κ3) is 3.54. The van der Waals surface area contributed by atoms with Crippen LogP contribution in [0.5, 0.6) is 23.0 Å². The van der Waals surface area contributed by atoms with Crippen LogP contribution in [-0.4, -0.2) is 39.4 Å². The molecule has 0 saturated heterocycles. The lowest BCUT2D eigenvalue weighted by Crippen LogP contribution is -2.15. The van der Waals surface area contributed by atoms with Gasteiger partial charge in [-0.1, -0.05) is 5.16 Å². The summed E-state index contributed by atoms with van der Waals surface area (Å²) in [5, 5.41) is 13.3. The Morgan fingerprint density at radius 3 is 2.32 bits per heavy atom. The second-order valence-corrected chi connectivity index (χ2v) is 6.98. The lowest BCUT2D eigenvalue weighted by Gasteiger charge is -2.21. The molecule has 0 radical (unpaired) electrons. The van der Waals surface area contributed by atoms with E-state index in [1.54, 1.807) is 28.4 Å². The number of fused-ring (bicyclic) bond motifs is 1. The molecule has 0 amide bonds. The molecule has 0 unspecified atom stereocenters. The van der Waals surface area contributed by atoms with Gasteiger partial charge in [0.05, 0.1) is 32.9 Å². The van der Waals surface area contributed by atoms with E-state index in [1.165, 1.54) is 0 Å². The Labute approximate surface area is 172 Å². The molecule has 6 nitrogen and oxygen atoms in total. The molecule has 2 aromatic carbocycles. The molecule has 7 heteroatoms. The summed E-state index contributed by atoms with van der Waals surface area (Å²) in [4.78, 5) is 0. The smallest absolute Gasteiger partial charge is 0.204 e. The summed E-state index contributed by atoms with van der Waals surface area (Å²) in [6.45, 7) is 0. The topological polar surface area (TPSA) is 69.5 Å². The fraction of sp³-hybridized carbons (Fsp3) is 0.286. The molecule has 28 heavy (non-hydrogen) atoms. The fourth-order valence-corrected chi connectivity index (χ4v) is 3.96. The van der Waals surface area contributed by atoms with Crippen LogP contribution in [0.15, 0.2) is 39.5 Å². The number of ether oxygens (including phenoxy) is 4. The Bertz CT molecular complexity index is 952. The first kappa shape index (κ1) is 20.1. The number of methoxy groups -OCH3 is 4. The average Bonchev–Trinajstić information content (AvgIpc) is 2.73. The van der Waals surface area contributed by atoms with E-state index in [-0.39, 0.29) is 0 Å². The highest BCUT2D eigenvalue weighted by molar-refractivity contribution is 9.10. The van der Waals surface area contributed by atoms with Crippen molar-refractivity contribution in [2.75, 3.05) is 28.4 Å². The molecule has 0 aliphatic heterocycles. The van der Waals surface area contributed by atoms with Crippen molar-refractivity contribution >= 4 is 27.7 Å². The molecule has 0 spiro atoms. The van der Waals surface area contributed by atoms with Crippen molar-refractivity contribution in [2.45, 2.75) is 12.8 Å². The number of benzene rings is 2. The molecular formula is C21H22BrNO5. The van der Waals surface area contributed by atoms with Gasteiger partial charge < -0.3 is 24.2 Å². The number of hydrogen-bond acceptors (Lipinski definition) is 6. The predicted molar refractivity (Wildman–Crippen MR) is 111 cm³/mol. The van der Waals surface area contributed by atoms with Gasteiger partial charge in [-0.05, 0) is 75.8 Å². The quantitative estimate of drug-likeness (QED) is 0.531. The zero-order valence-corrected chi connectivity index (χ0v) is 17.8. The molecule has 148 valence electrons. The van der Waals surface area contributed by atoms with Gasteiger partial charge >= 0.3 is 0 Å². The minimum Gasteiger partial charge on any atom is -0.497 e. The first-order chi connectivity index (χ1) is 13.6. The van der Waals surface area contributed by atoms with E-state index in [0.29, 0.717) is 23.0 Å². The summed E-state index contributed by atoms with van der Waals surface area (Å²) in [5.41, 5.74) is 4.28. The highest BCUT2D eigenvalue weighted by Gasteiger charge is 2.23. The van der Waals surface area contributed by atoms with Gasteiger partial charge in [0, 0.05) is 5.56 Å². The summed E-state index contributed by atoms with van der Waals surface area (Å²) in [5.74, 6) is 2.39. The fourth-order valence-electron chi connectivity index (χ4n) is 3.39. The molecule has 2 aromatic rings. The van der Waals surface area contributed by atoms with Crippen LogP contribution in [0, 0.1) is 0 Å². The number of rotatable bonds is 5. The number of hydrogen-bond donors (Lipinski definition) is 1. The standard InChI is InChI=1S/C21H22BrNO5/c1-25-15-7-8-16-12(10-15)5-6-13(19(16)23-24)9-14-11-17(26-2)20(27-3)21(28-4)18(14)22/h7-11,24H,5-6H2,1-4H3/b13-9+,23-19+. The Balaban J connectivity index is 2.11. The SMILES string of the molecule is COc1ccc2c(c1)CCC(=C\c1cc(OC)c(OC)c(OC)c1Br)/C2=N\O.